The highest BCUT2D eigenvalue weighted by Crippen LogP contribution is 2.42. The summed E-state index contributed by atoms with van der Waals surface area (Å²) in [5.41, 5.74) is 5.19. The van der Waals surface area contributed by atoms with Crippen molar-refractivity contribution in [1.82, 2.24) is 9.47 Å². The zero-order valence-corrected chi connectivity index (χ0v) is 21.5. The quantitative estimate of drug-likeness (QED) is 0.306. The maximum absolute atomic E-state index is 14.1. The van der Waals surface area contributed by atoms with E-state index in [4.69, 9.17) is 0 Å². The zero-order valence-electron chi connectivity index (χ0n) is 21.5. The Labute approximate surface area is 214 Å². The minimum Gasteiger partial charge on any atom is -0.330 e. The number of para-hydroxylation sites is 2. The predicted octanol–water partition coefficient (Wildman–Crippen LogP) is 6.57. The van der Waals surface area contributed by atoms with E-state index in [0.717, 1.165) is 53.9 Å². The van der Waals surface area contributed by atoms with Gasteiger partial charge in [0.1, 0.15) is 12.6 Å². The molecule has 2 amide bonds. The van der Waals surface area contributed by atoms with Gasteiger partial charge in [0.25, 0.3) is 0 Å². The molecule has 1 aliphatic heterocycles. The van der Waals surface area contributed by atoms with Gasteiger partial charge in [-0.1, -0.05) is 74.6 Å². The van der Waals surface area contributed by atoms with E-state index in [0.29, 0.717) is 6.42 Å². The lowest BCUT2D eigenvalue weighted by molar-refractivity contribution is -0.136. The lowest BCUT2D eigenvalue weighted by Gasteiger charge is -2.39. The maximum atomic E-state index is 14.1. The van der Waals surface area contributed by atoms with Gasteiger partial charge in [-0.2, -0.15) is 0 Å². The Morgan fingerprint density at radius 2 is 1.69 bits per heavy atom. The molecule has 1 aliphatic carbocycles. The molecule has 5 heteroatoms. The number of carbonyl (C=O) groups is 2. The van der Waals surface area contributed by atoms with E-state index in [1.54, 1.807) is 0 Å². The highest BCUT2D eigenvalue weighted by molar-refractivity contribution is 6.00. The monoisotopic (exact) mass is 483 g/mol. The molecule has 36 heavy (non-hydrogen) atoms. The second-order valence-electron chi connectivity index (χ2n) is 10.3. The van der Waals surface area contributed by atoms with E-state index < -0.39 is 0 Å². The minimum atomic E-state index is -0.243. The fourth-order valence-corrected chi connectivity index (χ4v) is 5.47. The largest absolute Gasteiger partial charge is 0.330 e. The molecule has 1 aromatic heterocycles. The first-order valence-corrected chi connectivity index (χ1v) is 13.5. The molecular formula is C31H37N3O2. The first-order chi connectivity index (χ1) is 17.6. The van der Waals surface area contributed by atoms with E-state index in [2.05, 4.69) is 61.0 Å². The van der Waals surface area contributed by atoms with E-state index in [-0.39, 0.29) is 30.4 Å². The van der Waals surface area contributed by atoms with Gasteiger partial charge in [0.2, 0.25) is 11.8 Å². The van der Waals surface area contributed by atoms with Crippen LogP contribution in [-0.4, -0.2) is 33.9 Å². The summed E-state index contributed by atoms with van der Waals surface area (Å²) < 4.78 is 2.19. The average Bonchev–Trinajstić information content (AvgIpc) is 3.61. The smallest absolute Gasteiger partial charge is 0.247 e. The number of rotatable bonds is 10. The predicted molar refractivity (Wildman–Crippen MR) is 144 cm³/mol. The number of benzene rings is 2. The van der Waals surface area contributed by atoms with Crippen molar-refractivity contribution < 1.29 is 9.59 Å². The molecular weight excluding hydrogens is 446 g/mol. The summed E-state index contributed by atoms with van der Waals surface area (Å²) in [6.45, 7) is 4.42. The molecule has 2 aromatic carbocycles. The van der Waals surface area contributed by atoms with Crippen LogP contribution >= 0.6 is 0 Å². The molecule has 2 heterocycles. The first-order valence-electron chi connectivity index (χ1n) is 13.5. The van der Waals surface area contributed by atoms with Crippen molar-refractivity contribution in [2.75, 3.05) is 11.4 Å². The van der Waals surface area contributed by atoms with Gasteiger partial charge in [0.05, 0.1) is 17.1 Å². The minimum absolute atomic E-state index is 0.0207. The number of aromatic nitrogens is 1. The normalized spacial score (nSPS) is 16.4. The summed E-state index contributed by atoms with van der Waals surface area (Å²) >= 11 is 0. The van der Waals surface area contributed by atoms with Crippen LogP contribution in [-0.2, 0) is 9.59 Å². The molecule has 0 radical (unpaired) electrons. The number of aryl methyl sites for hydroxylation is 1. The van der Waals surface area contributed by atoms with Crippen molar-refractivity contribution in [2.24, 2.45) is 0 Å². The Bertz CT molecular complexity index is 1230. The lowest BCUT2D eigenvalue weighted by atomic mass is 9.96. The highest BCUT2D eigenvalue weighted by Gasteiger charge is 2.39. The molecule has 1 saturated carbocycles. The van der Waals surface area contributed by atoms with Crippen molar-refractivity contribution in [3.8, 4) is 5.69 Å². The summed E-state index contributed by atoms with van der Waals surface area (Å²) in [4.78, 5) is 31.2. The number of hydrogen-bond donors (Lipinski definition) is 0. The van der Waals surface area contributed by atoms with E-state index in [1.165, 1.54) is 19.3 Å². The van der Waals surface area contributed by atoms with Crippen LogP contribution in [0.1, 0.15) is 81.2 Å². The van der Waals surface area contributed by atoms with Gasteiger partial charge < -0.3 is 9.47 Å². The number of unbranched alkanes of at least 4 members (excludes halogenated alkanes) is 4. The molecule has 3 aromatic rings. The second-order valence-corrected chi connectivity index (χ2v) is 10.3. The molecule has 1 unspecified atom stereocenters. The highest BCUT2D eigenvalue weighted by atomic mass is 16.2. The van der Waals surface area contributed by atoms with Gasteiger partial charge in [-0.15, -0.1) is 0 Å². The zero-order chi connectivity index (χ0) is 25.1. The van der Waals surface area contributed by atoms with Crippen LogP contribution in [0.15, 0.2) is 66.9 Å². The van der Waals surface area contributed by atoms with Gasteiger partial charge in [-0.25, -0.2) is 0 Å². The van der Waals surface area contributed by atoms with Crippen molar-refractivity contribution in [2.45, 2.75) is 77.3 Å². The molecule has 0 N–H and O–H groups in total. The Morgan fingerprint density at radius 1 is 0.917 bits per heavy atom. The molecule has 0 bridgehead atoms. The molecule has 5 rings (SSSR count). The number of nitrogens with zero attached hydrogens (tertiary/aromatic N) is 3. The Morgan fingerprint density at radius 3 is 2.44 bits per heavy atom. The SMILES string of the molecule is CCCCCCCC(=O)N(CC(=O)N1c2ccccc2-n2cccc2C1c1cccc(C)c1)C1CC1. The Kier molecular flexibility index (Phi) is 7.26. The van der Waals surface area contributed by atoms with Crippen LogP contribution in [0.25, 0.3) is 5.69 Å². The second kappa shape index (κ2) is 10.7. The van der Waals surface area contributed by atoms with Gasteiger partial charge in [0, 0.05) is 18.7 Å². The molecule has 1 atom stereocenters. The fourth-order valence-electron chi connectivity index (χ4n) is 5.47. The van der Waals surface area contributed by atoms with Crippen molar-refractivity contribution in [1.29, 1.82) is 0 Å². The van der Waals surface area contributed by atoms with Crippen LogP contribution in [0.5, 0.6) is 0 Å². The van der Waals surface area contributed by atoms with Crippen LogP contribution in [0, 0.1) is 6.92 Å². The average molecular weight is 484 g/mol. The van der Waals surface area contributed by atoms with Crippen LogP contribution in [0.2, 0.25) is 0 Å². The Balaban J connectivity index is 1.44. The molecule has 2 aliphatic rings. The van der Waals surface area contributed by atoms with Crippen molar-refractivity contribution in [3.63, 3.8) is 0 Å². The van der Waals surface area contributed by atoms with Crippen LogP contribution in [0.4, 0.5) is 5.69 Å². The lowest BCUT2D eigenvalue weighted by Crippen LogP contribution is -2.47. The van der Waals surface area contributed by atoms with E-state index in [9.17, 15) is 9.59 Å². The Hall–Kier alpha value is -3.34. The molecule has 188 valence electrons. The third kappa shape index (κ3) is 4.97. The molecule has 1 fully saturated rings. The molecule has 0 saturated heterocycles. The third-order valence-corrected chi connectivity index (χ3v) is 7.45. The number of carbonyl (C=O) groups excluding carboxylic acids is 2. The van der Waals surface area contributed by atoms with Crippen molar-refractivity contribution in [3.05, 3.63) is 83.7 Å². The summed E-state index contributed by atoms with van der Waals surface area (Å²) in [6.07, 6.45) is 10.2. The van der Waals surface area contributed by atoms with Crippen molar-refractivity contribution >= 4 is 17.5 Å². The maximum Gasteiger partial charge on any atom is 0.247 e. The summed E-state index contributed by atoms with van der Waals surface area (Å²) in [5, 5.41) is 0. The van der Waals surface area contributed by atoms with E-state index in [1.807, 2.05) is 34.1 Å². The first kappa shape index (κ1) is 24.4. The number of anilines is 1. The number of hydrogen-bond acceptors (Lipinski definition) is 2. The summed E-state index contributed by atoms with van der Waals surface area (Å²) in [7, 11) is 0. The number of amides is 2. The fraction of sp³-hybridized carbons (Fsp3) is 0.419. The number of fused-ring (bicyclic) bond motifs is 3. The van der Waals surface area contributed by atoms with Crippen LogP contribution in [0.3, 0.4) is 0 Å². The van der Waals surface area contributed by atoms with Crippen LogP contribution < -0.4 is 4.90 Å². The van der Waals surface area contributed by atoms with Gasteiger partial charge >= 0.3 is 0 Å². The molecule has 0 spiro atoms. The van der Waals surface area contributed by atoms with Gasteiger partial charge in [-0.3, -0.25) is 14.5 Å². The standard InChI is InChI=1S/C31H37N3O2/c1-3-4-5-6-7-17-29(35)33(25-18-19-25)22-30(36)34-27-15-9-8-14-26(27)32-20-11-16-28(32)31(34)24-13-10-12-23(2)21-24/h8-16,20-21,25,31H,3-7,17-19,22H2,1-2H3. The molecule has 5 nitrogen and oxygen atoms in total. The van der Waals surface area contributed by atoms with Gasteiger partial charge in [0.15, 0.2) is 0 Å². The third-order valence-electron chi connectivity index (χ3n) is 7.45. The summed E-state index contributed by atoms with van der Waals surface area (Å²) in [5.74, 6) is 0.107. The van der Waals surface area contributed by atoms with E-state index >= 15 is 0 Å². The van der Waals surface area contributed by atoms with Gasteiger partial charge in [-0.05, 0) is 56.0 Å². The summed E-state index contributed by atoms with van der Waals surface area (Å²) in [6, 6.07) is 20.6. The topological polar surface area (TPSA) is 45.6 Å².